The van der Waals surface area contributed by atoms with Crippen LogP contribution in [0.5, 0.6) is 0 Å². The highest BCUT2D eigenvalue weighted by molar-refractivity contribution is 6.31. The van der Waals surface area contributed by atoms with Crippen molar-refractivity contribution in [1.29, 1.82) is 0 Å². The summed E-state index contributed by atoms with van der Waals surface area (Å²) in [5, 5.41) is 10.7. The number of hydrogen-bond donors (Lipinski definition) is 2. The van der Waals surface area contributed by atoms with Crippen LogP contribution < -0.4 is 5.32 Å². The lowest BCUT2D eigenvalue weighted by Crippen LogP contribution is -2.35. The number of hydrogen-bond acceptors (Lipinski definition) is 3. The van der Waals surface area contributed by atoms with E-state index in [1.54, 1.807) is 0 Å². The second-order valence-corrected chi connectivity index (χ2v) is 3.43. The molecule has 0 aliphatic carbocycles. The van der Waals surface area contributed by atoms with Gasteiger partial charge in [0.25, 0.3) is 0 Å². The summed E-state index contributed by atoms with van der Waals surface area (Å²) >= 11 is 0. The Bertz CT molecular complexity index is 217. The van der Waals surface area contributed by atoms with Gasteiger partial charge >= 0.3 is 11.9 Å². The summed E-state index contributed by atoms with van der Waals surface area (Å²) in [6, 6.07) is 0. The highest BCUT2D eigenvalue weighted by Crippen LogP contribution is 2.12. The van der Waals surface area contributed by atoms with Crippen molar-refractivity contribution >= 4 is 11.9 Å². The van der Waals surface area contributed by atoms with E-state index in [1.807, 2.05) is 7.05 Å². The average molecular weight is 186 g/mol. The summed E-state index contributed by atoms with van der Waals surface area (Å²) in [5.74, 6) is -1.92. The second-order valence-electron chi connectivity index (χ2n) is 3.43. The molecular formula is C8H14N2O3. The summed E-state index contributed by atoms with van der Waals surface area (Å²) in [6.07, 6.45) is 1.02. The predicted molar refractivity (Wildman–Crippen MR) is 46.2 cm³/mol. The molecule has 1 amide bonds. The average Bonchev–Trinajstić information content (AvgIpc) is 2.47. The second kappa shape index (κ2) is 4.23. The van der Waals surface area contributed by atoms with Crippen LogP contribution in [-0.2, 0) is 9.59 Å². The van der Waals surface area contributed by atoms with E-state index in [-0.39, 0.29) is 0 Å². The molecule has 1 saturated heterocycles. The molecule has 5 nitrogen and oxygen atoms in total. The number of rotatable bonds is 2. The highest BCUT2D eigenvalue weighted by Gasteiger charge is 2.20. The van der Waals surface area contributed by atoms with Gasteiger partial charge in [-0.05, 0) is 25.9 Å². The smallest absolute Gasteiger partial charge is 0.394 e. The van der Waals surface area contributed by atoms with E-state index >= 15 is 0 Å². The molecule has 0 aromatic rings. The van der Waals surface area contributed by atoms with Gasteiger partial charge in [-0.3, -0.25) is 4.79 Å². The van der Waals surface area contributed by atoms with E-state index in [0.29, 0.717) is 12.5 Å². The van der Waals surface area contributed by atoms with Crippen LogP contribution in [0.25, 0.3) is 0 Å². The lowest BCUT2D eigenvalue weighted by atomic mass is 10.1. The molecule has 13 heavy (non-hydrogen) atoms. The first-order valence-corrected chi connectivity index (χ1v) is 4.29. The van der Waals surface area contributed by atoms with Crippen LogP contribution in [-0.4, -0.2) is 48.6 Å². The van der Waals surface area contributed by atoms with Crippen molar-refractivity contribution in [3.63, 3.8) is 0 Å². The van der Waals surface area contributed by atoms with Crippen molar-refractivity contribution < 1.29 is 14.7 Å². The molecule has 0 saturated carbocycles. The van der Waals surface area contributed by atoms with Crippen LogP contribution in [0.3, 0.4) is 0 Å². The molecule has 0 spiro atoms. The topological polar surface area (TPSA) is 69.6 Å². The summed E-state index contributed by atoms with van der Waals surface area (Å²) in [7, 11) is 2.01. The highest BCUT2D eigenvalue weighted by atomic mass is 16.4. The number of aliphatic carboxylic acids is 1. The minimum atomic E-state index is -1.41. The first-order chi connectivity index (χ1) is 6.09. The molecule has 1 fully saturated rings. The van der Waals surface area contributed by atoms with Crippen molar-refractivity contribution in [1.82, 2.24) is 10.2 Å². The van der Waals surface area contributed by atoms with Crippen LogP contribution in [0, 0.1) is 5.92 Å². The van der Waals surface area contributed by atoms with Gasteiger partial charge in [-0.15, -0.1) is 0 Å². The first-order valence-electron chi connectivity index (χ1n) is 4.29. The molecule has 0 bridgehead atoms. The molecule has 2 N–H and O–H groups in total. The zero-order valence-corrected chi connectivity index (χ0v) is 7.62. The lowest BCUT2D eigenvalue weighted by molar-refractivity contribution is -0.150. The molecule has 74 valence electrons. The van der Waals surface area contributed by atoms with Gasteiger partial charge in [-0.2, -0.15) is 0 Å². The molecule has 0 aromatic carbocycles. The van der Waals surface area contributed by atoms with E-state index in [1.165, 1.54) is 0 Å². The van der Waals surface area contributed by atoms with E-state index in [9.17, 15) is 9.59 Å². The molecular weight excluding hydrogens is 172 g/mol. The Morgan fingerprint density at radius 1 is 1.62 bits per heavy atom. The largest absolute Gasteiger partial charge is 0.474 e. The Morgan fingerprint density at radius 2 is 2.31 bits per heavy atom. The number of carbonyl (C=O) groups is 2. The fourth-order valence-corrected chi connectivity index (χ4v) is 1.51. The number of carboxylic acids is 1. The van der Waals surface area contributed by atoms with Gasteiger partial charge in [-0.25, -0.2) is 4.79 Å². The Labute approximate surface area is 76.7 Å². The standard InChI is InChI=1S/C8H14N2O3/c1-10-3-2-6(5-10)4-9-7(11)8(12)13/h6H,2-5H2,1H3,(H,9,11)(H,12,13). The molecule has 1 atom stereocenters. The third-order valence-corrected chi connectivity index (χ3v) is 2.23. The van der Waals surface area contributed by atoms with Gasteiger partial charge in [0.15, 0.2) is 0 Å². The van der Waals surface area contributed by atoms with Crippen LogP contribution >= 0.6 is 0 Å². The zero-order chi connectivity index (χ0) is 9.84. The van der Waals surface area contributed by atoms with Crippen molar-refractivity contribution in [2.45, 2.75) is 6.42 Å². The third-order valence-electron chi connectivity index (χ3n) is 2.23. The molecule has 5 heteroatoms. The lowest BCUT2D eigenvalue weighted by Gasteiger charge is -2.09. The van der Waals surface area contributed by atoms with Gasteiger partial charge < -0.3 is 15.3 Å². The number of nitrogens with one attached hydrogen (secondary N) is 1. The van der Waals surface area contributed by atoms with Crippen LogP contribution in [0.15, 0.2) is 0 Å². The van der Waals surface area contributed by atoms with E-state index in [4.69, 9.17) is 5.11 Å². The molecule has 1 unspecified atom stereocenters. The maximum Gasteiger partial charge on any atom is 0.394 e. The molecule has 1 heterocycles. The summed E-state index contributed by atoms with van der Waals surface area (Å²) in [5.41, 5.74) is 0. The van der Waals surface area contributed by atoms with E-state index < -0.39 is 11.9 Å². The maximum atomic E-state index is 10.7. The normalized spacial score (nSPS) is 23.0. The van der Waals surface area contributed by atoms with Crippen molar-refractivity contribution in [3.8, 4) is 0 Å². The summed E-state index contributed by atoms with van der Waals surface area (Å²) in [6.45, 7) is 2.42. The van der Waals surface area contributed by atoms with E-state index in [2.05, 4.69) is 10.2 Å². The molecule has 1 aliphatic heterocycles. The van der Waals surface area contributed by atoms with E-state index in [0.717, 1.165) is 19.5 Å². The molecule has 0 aromatic heterocycles. The first kappa shape index (κ1) is 9.98. The minimum Gasteiger partial charge on any atom is -0.474 e. The molecule has 1 rings (SSSR count). The van der Waals surface area contributed by atoms with Gasteiger partial charge in [0.2, 0.25) is 0 Å². The molecule has 0 radical (unpaired) electrons. The van der Waals surface area contributed by atoms with Crippen LogP contribution in [0.4, 0.5) is 0 Å². The number of likely N-dealkylation sites (tertiary alicyclic amines) is 1. The maximum absolute atomic E-state index is 10.7. The third kappa shape index (κ3) is 3.02. The van der Waals surface area contributed by atoms with Gasteiger partial charge in [-0.1, -0.05) is 0 Å². The SMILES string of the molecule is CN1CCC(CNC(=O)C(=O)O)C1. The molecule has 1 aliphatic rings. The van der Waals surface area contributed by atoms with Gasteiger partial charge in [0, 0.05) is 13.1 Å². The number of amides is 1. The van der Waals surface area contributed by atoms with Crippen LogP contribution in [0.1, 0.15) is 6.42 Å². The Hall–Kier alpha value is -1.10. The minimum absolute atomic E-state index is 0.397. The van der Waals surface area contributed by atoms with Gasteiger partial charge in [0.05, 0.1) is 0 Å². The monoisotopic (exact) mass is 186 g/mol. The van der Waals surface area contributed by atoms with Crippen molar-refractivity contribution in [2.24, 2.45) is 5.92 Å². The zero-order valence-electron chi connectivity index (χ0n) is 7.62. The number of carboxylic acid groups (broad SMARTS) is 1. The fraction of sp³-hybridized carbons (Fsp3) is 0.750. The summed E-state index contributed by atoms with van der Waals surface area (Å²) in [4.78, 5) is 23.0. The Morgan fingerprint density at radius 3 is 2.77 bits per heavy atom. The van der Waals surface area contributed by atoms with Crippen molar-refractivity contribution in [2.75, 3.05) is 26.7 Å². The summed E-state index contributed by atoms with van der Waals surface area (Å²) < 4.78 is 0. The predicted octanol–water partition coefficient (Wildman–Crippen LogP) is -0.861. The van der Waals surface area contributed by atoms with Gasteiger partial charge in [0.1, 0.15) is 0 Å². The Kier molecular flexibility index (Phi) is 3.25. The Balaban J connectivity index is 2.20. The number of carbonyl (C=O) groups excluding carboxylic acids is 1. The van der Waals surface area contributed by atoms with Crippen molar-refractivity contribution in [3.05, 3.63) is 0 Å². The van der Waals surface area contributed by atoms with Crippen LogP contribution in [0.2, 0.25) is 0 Å². The number of nitrogens with zero attached hydrogens (tertiary/aromatic N) is 1. The fourth-order valence-electron chi connectivity index (χ4n) is 1.51. The quantitative estimate of drug-likeness (QED) is 0.550.